The van der Waals surface area contributed by atoms with Gasteiger partial charge in [0.05, 0.1) is 11.1 Å². The molecule has 0 fully saturated rings. The second-order valence-electron chi connectivity index (χ2n) is 3.94. The third kappa shape index (κ3) is 3.44. The van der Waals surface area contributed by atoms with Gasteiger partial charge >= 0.3 is 6.18 Å². The Morgan fingerprint density at radius 1 is 1.33 bits per heavy atom. The monoisotopic (exact) mass is 327 g/mol. The van der Waals surface area contributed by atoms with E-state index in [0.717, 1.165) is 6.07 Å². The summed E-state index contributed by atoms with van der Waals surface area (Å²) in [5.41, 5.74) is -1.58. The van der Waals surface area contributed by atoms with Gasteiger partial charge in [-0.3, -0.25) is 4.79 Å². The van der Waals surface area contributed by atoms with E-state index in [0.29, 0.717) is 6.07 Å². The van der Waals surface area contributed by atoms with Crippen LogP contribution in [0, 0.1) is 5.82 Å². The van der Waals surface area contributed by atoms with Crippen LogP contribution in [-0.4, -0.2) is 11.9 Å². The van der Waals surface area contributed by atoms with Crippen LogP contribution in [-0.2, 0) is 6.18 Å². The maximum absolute atomic E-state index is 13.5. The minimum Gasteiger partial charge on any atom is -0.350 e. The van der Waals surface area contributed by atoms with E-state index in [1.807, 2.05) is 0 Å². The van der Waals surface area contributed by atoms with Crippen molar-refractivity contribution < 1.29 is 22.4 Å². The lowest BCUT2D eigenvalue weighted by atomic mass is 10.1. The Hall–Kier alpha value is -1.11. The van der Waals surface area contributed by atoms with Crippen LogP contribution in [0.4, 0.5) is 17.6 Å². The summed E-state index contributed by atoms with van der Waals surface area (Å²) in [5, 5.41) is 2.40. The molecule has 1 aromatic rings. The maximum Gasteiger partial charge on any atom is 0.417 e. The number of carbonyl (C=O) groups excluding carboxylic acids is 1. The molecule has 0 saturated heterocycles. The number of carbonyl (C=O) groups is 1. The molecule has 2 nitrogen and oxygen atoms in total. The van der Waals surface area contributed by atoms with Crippen molar-refractivity contribution in [2.45, 2.75) is 26.1 Å². The minimum absolute atomic E-state index is 0.238. The van der Waals surface area contributed by atoms with Crippen molar-refractivity contribution in [1.82, 2.24) is 5.32 Å². The molecule has 0 aliphatic heterocycles. The summed E-state index contributed by atoms with van der Waals surface area (Å²) >= 11 is 2.68. The molecule has 0 atom stereocenters. The van der Waals surface area contributed by atoms with Crippen LogP contribution < -0.4 is 5.32 Å². The van der Waals surface area contributed by atoms with Gasteiger partial charge in [-0.2, -0.15) is 13.2 Å². The van der Waals surface area contributed by atoms with E-state index in [4.69, 9.17) is 0 Å². The standard InChI is InChI=1S/C11H10BrF4NO/c1-5(2)17-10(18)6-3-8(12)7(4-9(6)13)11(14,15)16/h3-5H,1-2H3,(H,17,18). The van der Waals surface area contributed by atoms with Gasteiger partial charge in [-0.25, -0.2) is 4.39 Å². The molecule has 0 aromatic heterocycles. The van der Waals surface area contributed by atoms with Crippen molar-refractivity contribution in [3.63, 3.8) is 0 Å². The van der Waals surface area contributed by atoms with E-state index in [1.165, 1.54) is 0 Å². The summed E-state index contributed by atoms with van der Waals surface area (Å²) in [6.45, 7) is 3.32. The Kier molecular flexibility index (Phi) is 4.37. The first-order valence-electron chi connectivity index (χ1n) is 5.00. The Balaban J connectivity index is 3.19. The van der Waals surface area contributed by atoms with E-state index in [2.05, 4.69) is 21.2 Å². The number of halogens is 5. The molecule has 1 rings (SSSR count). The largest absolute Gasteiger partial charge is 0.417 e. The summed E-state index contributed by atoms with van der Waals surface area (Å²) in [7, 11) is 0. The molecule has 0 saturated carbocycles. The van der Waals surface area contributed by atoms with Crippen molar-refractivity contribution in [3.05, 3.63) is 33.5 Å². The fourth-order valence-corrected chi connectivity index (χ4v) is 1.85. The van der Waals surface area contributed by atoms with Gasteiger partial charge in [0.25, 0.3) is 5.91 Å². The molecule has 0 bridgehead atoms. The zero-order chi connectivity index (χ0) is 14.1. The molecular formula is C11H10BrF4NO. The van der Waals surface area contributed by atoms with Gasteiger partial charge < -0.3 is 5.32 Å². The predicted octanol–water partition coefficient (Wildman–Crippen LogP) is 3.75. The molecule has 0 unspecified atom stereocenters. The number of alkyl halides is 3. The third-order valence-electron chi connectivity index (χ3n) is 2.03. The van der Waals surface area contributed by atoms with Crippen LogP contribution in [0.15, 0.2) is 16.6 Å². The molecule has 0 aliphatic rings. The smallest absolute Gasteiger partial charge is 0.350 e. The number of rotatable bonds is 2. The van der Waals surface area contributed by atoms with Crippen molar-refractivity contribution in [1.29, 1.82) is 0 Å². The topological polar surface area (TPSA) is 29.1 Å². The first-order valence-corrected chi connectivity index (χ1v) is 5.79. The summed E-state index contributed by atoms with van der Waals surface area (Å²) in [5.74, 6) is -1.96. The molecule has 1 aromatic carbocycles. The van der Waals surface area contributed by atoms with Crippen molar-refractivity contribution in [3.8, 4) is 0 Å². The van der Waals surface area contributed by atoms with E-state index >= 15 is 0 Å². The summed E-state index contributed by atoms with van der Waals surface area (Å²) < 4.78 is 50.5. The Morgan fingerprint density at radius 2 is 1.89 bits per heavy atom. The fourth-order valence-electron chi connectivity index (χ4n) is 1.28. The lowest BCUT2D eigenvalue weighted by molar-refractivity contribution is -0.138. The fraction of sp³-hybridized carbons (Fsp3) is 0.364. The molecule has 0 heterocycles. The van der Waals surface area contributed by atoms with Crippen molar-refractivity contribution in [2.24, 2.45) is 0 Å². The molecule has 0 spiro atoms. The molecule has 100 valence electrons. The SMILES string of the molecule is CC(C)NC(=O)c1cc(Br)c(C(F)(F)F)cc1F. The Labute approximate surface area is 109 Å². The number of amides is 1. The van der Waals surface area contributed by atoms with Crippen LogP contribution in [0.1, 0.15) is 29.8 Å². The van der Waals surface area contributed by atoms with Crippen LogP contribution in [0.2, 0.25) is 0 Å². The zero-order valence-electron chi connectivity index (χ0n) is 9.53. The highest BCUT2D eigenvalue weighted by atomic mass is 79.9. The molecule has 7 heteroatoms. The van der Waals surface area contributed by atoms with Crippen molar-refractivity contribution in [2.75, 3.05) is 0 Å². The quantitative estimate of drug-likeness (QED) is 0.823. The van der Waals surface area contributed by atoms with Gasteiger partial charge in [0.2, 0.25) is 0 Å². The average molecular weight is 328 g/mol. The Bertz CT molecular complexity index is 471. The number of benzene rings is 1. The minimum atomic E-state index is -4.67. The van der Waals surface area contributed by atoms with E-state index < -0.39 is 29.0 Å². The molecular weight excluding hydrogens is 318 g/mol. The lowest BCUT2D eigenvalue weighted by Gasteiger charge is -2.13. The number of hydrogen-bond acceptors (Lipinski definition) is 1. The van der Waals surface area contributed by atoms with Crippen LogP contribution in [0.25, 0.3) is 0 Å². The van der Waals surface area contributed by atoms with Crippen molar-refractivity contribution >= 4 is 21.8 Å². The zero-order valence-corrected chi connectivity index (χ0v) is 11.1. The van der Waals surface area contributed by atoms with Gasteiger partial charge in [-0.1, -0.05) is 15.9 Å². The predicted molar refractivity (Wildman–Crippen MR) is 61.7 cm³/mol. The summed E-state index contributed by atoms with van der Waals surface area (Å²) in [6.07, 6.45) is -4.67. The average Bonchev–Trinajstić information content (AvgIpc) is 2.18. The summed E-state index contributed by atoms with van der Waals surface area (Å²) in [4.78, 5) is 11.5. The molecule has 18 heavy (non-hydrogen) atoms. The molecule has 0 radical (unpaired) electrons. The third-order valence-corrected chi connectivity index (χ3v) is 2.68. The highest BCUT2D eigenvalue weighted by molar-refractivity contribution is 9.10. The molecule has 1 N–H and O–H groups in total. The second kappa shape index (κ2) is 5.26. The van der Waals surface area contributed by atoms with E-state index in [9.17, 15) is 22.4 Å². The number of hydrogen-bond donors (Lipinski definition) is 1. The van der Waals surface area contributed by atoms with Gasteiger partial charge in [-0.15, -0.1) is 0 Å². The van der Waals surface area contributed by atoms with E-state index in [-0.39, 0.29) is 10.5 Å². The highest BCUT2D eigenvalue weighted by Crippen LogP contribution is 2.36. The van der Waals surface area contributed by atoms with E-state index in [1.54, 1.807) is 13.8 Å². The first-order chi connectivity index (χ1) is 8.12. The van der Waals surface area contributed by atoms with Gasteiger partial charge in [0, 0.05) is 10.5 Å². The normalized spacial score (nSPS) is 11.8. The highest BCUT2D eigenvalue weighted by Gasteiger charge is 2.34. The Morgan fingerprint density at radius 3 is 2.33 bits per heavy atom. The first kappa shape index (κ1) is 14.9. The van der Waals surface area contributed by atoms with Gasteiger partial charge in [-0.05, 0) is 26.0 Å². The van der Waals surface area contributed by atoms with Crippen LogP contribution in [0.3, 0.4) is 0 Å². The van der Waals surface area contributed by atoms with Gasteiger partial charge in [0.1, 0.15) is 5.82 Å². The summed E-state index contributed by atoms with van der Waals surface area (Å²) in [6, 6.07) is 0.896. The number of nitrogens with one attached hydrogen (secondary N) is 1. The van der Waals surface area contributed by atoms with Gasteiger partial charge in [0.15, 0.2) is 0 Å². The second-order valence-corrected chi connectivity index (χ2v) is 4.79. The maximum atomic E-state index is 13.5. The molecule has 1 amide bonds. The van der Waals surface area contributed by atoms with Crippen LogP contribution >= 0.6 is 15.9 Å². The van der Waals surface area contributed by atoms with Crippen LogP contribution in [0.5, 0.6) is 0 Å². The lowest BCUT2D eigenvalue weighted by Crippen LogP contribution is -2.31. The molecule has 0 aliphatic carbocycles.